The first-order valence-electron chi connectivity index (χ1n) is 8.75. The van der Waals surface area contributed by atoms with E-state index >= 15 is 0 Å². The summed E-state index contributed by atoms with van der Waals surface area (Å²) < 4.78 is 5.37. The van der Waals surface area contributed by atoms with Gasteiger partial charge in [-0.2, -0.15) is 0 Å². The molecule has 1 heterocycles. The predicted octanol–water partition coefficient (Wildman–Crippen LogP) is 3.32. The van der Waals surface area contributed by atoms with E-state index in [9.17, 15) is 9.59 Å². The maximum atomic E-state index is 12.6. The van der Waals surface area contributed by atoms with Crippen molar-refractivity contribution in [3.8, 4) is 5.75 Å². The topological polar surface area (TPSA) is 70.7 Å². The van der Waals surface area contributed by atoms with Crippen LogP contribution in [0.15, 0.2) is 48.5 Å². The van der Waals surface area contributed by atoms with Gasteiger partial charge in [0.05, 0.1) is 6.61 Å². The van der Waals surface area contributed by atoms with Gasteiger partial charge < -0.3 is 20.3 Å². The van der Waals surface area contributed by atoms with Gasteiger partial charge in [-0.15, -0.1) is 0 Å². The molecule has 26 heavy (non-hydrogen) atoms. The van der Waals surface area contributed by atoms with Gasteiger partial charge in [0, 0.05) is 17.9 Å². The predicted molar refractivity (Wildman–Crippen MR) is 102 cm³/mol. The van der Waals surface area contributed by atoms with Gasteiger partial charge in [-0.05, 0) is 56.7 Å². The number of hydrogen-bond donors (Lipinski definition) is 2. The highest BCUT2D eigenvalue weighted by molar-refractivity contribution is 6.02. The number of carbonyl (C=O) groups excluding carboxylic acids is 2. The van der Waals surface area contributed by atoms with Crippen molar-refractivity contribution in [3.63, 3.8) is 0 Å². The fourth-order valence-electron chi connectivity index (χ4n) is 2.92. The maximum absolute atomic E-state index is 12.6. The SMILES string of the molecule is CCOc1ccc(NC(=O)N[C@@H]2CCN(c3ccc(C)cc3)C2=O)cc1. The molecule has 2 N–H and O–H groups in total. The highest BCUT2D eigenvalue weighted by atomic mass is 16.5. The number of hydrogen-bond acceptors (Lipinski definition) is 3. The fraction of sp³-hybridized carbons (Fsp3) is 0.300. The minimum absolute atomic E-state index is 0.0873. The molecule has 3 amide bonds. The molecule has 1 fully saturated rings. The summed E-state index contributed by atoms with van der Waals surface area (Å²) >= 11 is 0. The van der Waals surface area contributed by atoms with Crippen LogP contribution in [0.3, 0.4) is 0 Å². The van der Waals surface area contributed by atoms with Crippen molar-refractivity contribution in [2.45, 2.75) is 26.3 Å². The lowest BCUT2D eigenvalue weighted by Gasteiger charge is -2.17. The number of anilines is 2. The third kappa shape index (κ3) is 4.14. The van der Waals surface area contributed by atoms with Crippen LogP contribution in [-0.4, -0.2) is 31.1 Å². The van der Waals surface area contributed by atoms with Crippen molar-refractivity contribution < 1.29 is 14.3 Å². The standard InChI is InChI=1S/C20H23N3O3/c1-3-26-17-10-6-15(7-11-17)21-20(25)22-18-12-13-23(19(18)24)16-8-4-14(2)5-9-16/h4-11,18H,3,12-13H2,1-2H3,(H2,21,22,25)/t18-/m1/s1. The Labute approximate surface area is 153 Å². The monoisotopic (exact) mass is 353 g/mol. The Morgan fingerprint density at radius 2 is 1.85 bits per heavy atom. The molecule has 1 aliphatic heterocycles. The quantitative estimate of drug-likeness (QED) is 0.866. The van der Waals surface area contributed by atoms with Crippen LogP contribution in [0.25, 0.3) is 0 Å². The molecule has 1 saturated heterocycles. The first-order valence-corrected chi connectivity index (χ1v) is 8.75. The smallest absolute Gasteiger partial charge is 0.319 e. The average Bonchev–Trinajstić information content (AvgIpc) is 2.98. The van der Waals surface area contributed by atoms with Crippen molar-refractivity contribution in [1.29, 1.82) is 0 Å². The molecule has 0 spiro atoms. The van der Waals surface area contributed by atoms with Gasteiger partial charge in [0.25, 0.3) is 0 Å². The summed E-state index contributed by atoms with van der Waals surface area (Å²) in [5.41, 5.74) is 2.65. The van der Waals surface area contributed by atoms with Crippen LogP contribution in [0.4, 0.5) is 16.2 Å². The van der Waals surface area contributed by atoms with Crippen LogP contribution in [0.5, 0.6) is 5.75 Å². The van der Waals surface area contributed by atoms with Crippen LogP contribution in [0, 0.1) is 6.92 Å². The zero-order valence-electron chi connectivity index (χ0n) is 15.0. The number of nitrogens with one attached hydrogen (secondary N) is 2. The van der Waals surface area contributed by atoms with E-state index in [-0.39, 0.29) is 5.91 Å². The van der Waals surface area contributed by atoms with Gasteiger partial charge in [0.2, 0.25) is 5.91 Å². The van der Waals surface area contributed by atoms with Gasteiger partial charge >= 0.3 is 6.03 Å². The third-order valence-corrected chi connectivity index (χ3v) is 4.28. The van der Waals surface area contributed by atoms with E-state index in [1.165, 1.54) is 0 Å². The van der Waals surface area contributed by atoms with E-state index in [0.717, 1.165) is 17.0 Å². The largest absolute Gasteiger partial charge is 0.494 e. The molecule has 6 heteroatoms. The Kier molecular flexibility index (Phi) is 5.41. The van der Waals surface area contributed by atoms with Gasteiger partial charge in [-0.1, -0.05) is 17.7 Å². The highest BCUT2D eigenvalue weighted by Crippen LogP contribution is 2.22. The zero-order chi connectivity index (χ0) is 18.5. The van der Waals surface area contributed by atoms with Crippen LogP contribution >= 0.6 is 0 Å². The minimum atomic E-state index is -0.515. The van der Waals surface area contributed by atoms with E-state index in [1.54, 1.807) is 29.2 Å². The zero-order valence-corrected chi connectivity index (χ0v) is 15.0. The van der Waals surface area contributed by atoms with Gasteiger partial charge in [0.15, 0.2) is 0 Å². The molecule has 0 aliphatic carbocycles. The number of carbonyl (C=O) groups is 2. The molecule has 136 valence electrons. The Bertz CT molecular complexity index is 772. The molecule has 2 aromatic carbocycles. The first kappa shape index (κ1) is 17.8. The second-order valence-corrected chi connectivity index (χ2v) is 6.22. The molecule has 3 rings (SSSR count). The summed E-state index contributed by atoms with van der Waals surface area (Å²) in [6, 6.07) is 14.0. The molecular formula is C20H23N3O3. The molecule has 6 nitrogen and oxygen atoms in total. The Morgan fingerprint density at radius 1 is 1.15 bits per heavy atom. The molecule has 0 aromatic heterocycles. The molecule has 0 bridgehead atoms. The molecule has 1 atom stereocenters. The van der Waals surface area contributed by atoms with Crippen LogP contribution < -0.4 is 20.3 Å². The number of benzene rings is 2. The lowest BCUT2D eigenvalue weighted by Crippen LogP contribution is -2.43. The van der Waals surface area contributed by atoms with Crippen molar-refractivity contribution in [1.82, 2.24) is 5.32 Å². The number of aryl methyl sites for hydroxylation is 1. The first-order chi connectivity index (χ1) is 12.6. The molecule has 0 radical (unpaired) electrons. The molecule has 1 aliphatic rings. The van der Waals surface area contributed by atoms with Crippen LogP contribution in [0.1, 0.15) is 18.9 Å². The lowest BCUT2D eigenvalue weighted by molar-refractivity contribution is -0.118. The normalized spacial score (nSPS) is 16.5. The lowest BCUT2D eigenvalue weighted by atomic mass is 10.2. The van der Waals surface area contributed by atoms with Crippen molar-refractivity contribution in [2.75, 3.05) is 23.4 Å². The van der Waals surface area contributed by atoms with E-state index in [2.05, 4.69) is 10.6 Å². The third-order valence-electron chi connectivity index (χ3n) is 4.28. The van der Waals surface area contributed by atoms with Crippen LogP contribution in [-0.2, 0) is 4.79 Å². The van der Waals surface area contributed by atoms with E-state index in [4.69, 9.17) is 4.74 Å². The number of amides is 3. The second-order valence-electron chi connectivity index (χ2n) is 6.22. The van der Waals surface area contributed by atoms with E-state index in [0.29, 0.717) is 25.3 Å². The van der Waals surface area contributed by atoms with E-state index < -0.39 is 12.1 Å². The summed E-state index contributed by atoms with van der Waals surface area (Å²) in [5.74, 6) is 0.661. The van der Waals surface area contributed by atoms with Crippen molar-refractivity contribution in [2.24, 2.45) is 0 Å². The molecule has 0 saturated carbocycles. The number of rotatable bonds is 5. The average molecular weight is 353 g/mol. The Hall–Kier alpha value is -3.02. The summed E-state index contributed by atoms with van der Waals surface area (Å²) in [6.07, 6.45) is 0.587. The van der Waals surface area contributed by atoms with Gasteiger partial charge in [0.1, 0.15) is 11.8 Å². The Morgan fingerprint density at radius 3 is 2.50 bits per heavy atom. The maximum Gasteiger partial charge on any atom is 0.319 e. The highest BCUT2D eigenvalue weighted by Gasteiger charge is 2.33. The number of urea groups is 1. The van der Waals surface area contributed by atoms with Crippen molar-refractivity contribution >= 4 is 23.3 Å². The summed E-state index contributed by atoms with van der Waals surface area (Å²) in [7, 11) is 0. The van der Waals surface area contributed by atoms with Gasteiger partial charge in [-0.3, -0.25) is 4.79 Å². The second kappa shape index (κ2) is 7.91. The van der Waals surface area contributed by atoms with Crippen molar-refractivity contribution in [3.05, 3.63) is 54.1 Å². The van der Waals surface area contributed by atoms with E-state index in [1.807, 2.05) is 38.1 Å². The Balaban J connectivity index is 1.56. The fourth-order valence-corrected chi connectivity index (χ4v) is 2.92. The number of ether oxygens (including phenoxy) is 1. The molecular weight excluding hydrogens is 330 g/mol. The number of nitrogens with zero attached hydrogens (tertiary/aromatic N) is 1. The van der Waals surface area contributed by atoms with Crippen LogP contribution in [0.2, 0.25) is 0 Å². The molecule has 0 unspecified atom stereocenters. The summed E-state index contributed by atoms with van der Waals surface area (Å²) in [5, 5.41) is 5.50. The minimum Gasteiger partial charge on any atom is -0.494 e. The summed E-state index contributed by atoms with van der Waals surface area (Å²) in [4.78, 5) is 26.5. The molecule has 2 aromatic rings. The summed E-state index contributed by atoms with van der Waals surface area (Å²) in [6.45, 7) is 5.10. The van der Waals surface area contributed by atoms with Gasteiger partial charge in [-0.25, -0.2) is 4.79 Å².